The lowest BCUT2D eigenvalue weighted by molar-refractivity contribution is -0.151. The summed E-state index contributed by atoms with van der Waals surface area (Å²) < 4.78 is 46.5. The summed E-state index contributed by atoms with van der Waals surface area (Å²) in [7, 11) is 1.42. The van der Waals surface area contributed by atoms with E-state index in [-0.39, 0.29) is 54.3 Å². The van der Waals surface area contributed by atoms with Crippen LogP contribution in [0.5, 0.6) is 0 Å². The Morgan fingerprint density at radius 3 is 1.05 bits per heavy atom. The lowest BCUT2D eigenvalue weighted by Crippen LogP contribution is -2.28. The smallest absolute Gasteiger partial charge is 0.308 e. The second kappa shape index (κ2) is 51.1. The second-order valence-electron chi connectivity index (χ2n) is 22.9. The number of hydrogen-bond donors (Lipinski definition) is 0. The Kier molecular flexibility index (Phi) is 49.0. The third-order valence-corrected chi connectivity index (χ3v) is 14.5. The number of allylic oxidation sites excluding steroid dienone is 2. The quantitative estimate of drug-likeness (QED) is 0.0185. The SMILES string of the molecule is C=CC(C)(CCCC=C(C)C)OC(C)=O.CCCCCCC1OC1CC(=O)OC.CCCCCCCC1OC1CC(=O)OCCC.CCCCCCCCC1OC1CC(=O)OCC.CCCCCCCCC1OC1CC(=O)OCCC. The fraction of sp³-hybridized carbons (Fsp3) is 0.866. The Bertz CT molecular complexity index is 1630. The first-order chi connectivity index (χ1) is 39.0. The maximum Gasteiger partial charge on any atom is 0.308 e. The summed E-state index contributed by atoms with van der Waals surface area (Å²) in [6, 6.07) is 0. The van der Waals surface area contributed by atoms with Gasteiger partial charge in [0.05, 0.1) is 101 Å². The molecule has 4 rings (SSSR count). The molecule has 0 amide bonds. The molecule has 9 unspecified atom stereocenters. The topological polar surface area (TPSA) is 182 Å². The lowest BCUT2D eigenvalue weighted by Gasteiger charge is -2.25. The fourth-order valence-corrected chi connectivity index (χ4v) is 9.30. The highest BCUT2D eigenvalue weighted by Gasteiger charge is 2.42. The Morgan fingerprint density at radius 2 is 0.753 bits per heavy atom. The van der Waals surface area contributed by atoms with Gasteiger partial charge in [-0.3, -0.25) is 24.0 Å². The molecule has 81 heavy (non-hydrogen) atoms. The summed E-state index contributed by atoms with van der Waals surface area (Å²) in [5, 5.41) is 0. The zero-order valence-electron chi connectivity index (χ0n) is 53.9. The third-order valence-electron chi connectivity index (χ3n) is 14.5. The molecule has 4 aliphatic rings. The predicted molar refractivity (Wildman–Crippen MR) is 326 cm³/mol. The number of rotatable bonds is 44. The van der Waals surface area contributed by atoms with Crippen LogP contribution in [0.2, 0.25) is 0 Å². The van der Waals surface area contributed by atoms with E-state index in [1.54, 1.807) is 6.08 Å². The molecule has 4 heterocycles. The van der Waals surface area contributed by atoms with Gasteiger partial charge in [0, 0.05) is 6.92 Å². The normalized spacial score (nSPS) is 21.1. The monoisotopic (exact) mass is 1150 g/mol. The number of carbonyl (C=O) groups is 5. The molecule has 14 heteroatoms. The van der Waals surface area contributed by atoms with Crippen LogP contribution in [0, 0.1) is 0 Å². The minimum absolute atomic E-state index is 0.104. The average molecular weight is 1150 g/mol. The number of carbonyl (C=O) groups excluding carboxylic acids is 5. The van der Waals surface area contributed by atoms with E-state index in [0.717, 1.165) is 57.8 Å². The number of hydrogen-bond acceptors (Lipinski definition) is 14. The van der Waals surface area contributed by atoms with E-state index < -0.39 is 5.60 Å². The van der Waals surface area contributed by atoms with Crippen LogP contribution < -0.4 is 0 Å². The van der Waals surface area contributed by atoms with Gasteiger partial charge in [-0.2, -0.15) is 0 Å². The Morgan fingerprint density at radius 1 is 0.432 bits per heavy atom. The molecular weight excluding hydrogens is 1030 g/mol. The van der Waals surface area contributed by atoms with Gasteiger partial charge in [-0.25, -0.2) is 0 Å². The molecule has 0 spiro atoms. The van der Waals surface area contributed by atoms with Crippen molar-refractivity contribution in [3.8, 4) is 0 Å². The molecule has 9 atom stereocenters. The molecule has 0 aromatic carbocycles. The van der Waals surface area contributed by atoms with Crippen LogP contribution >= 0.6 is 0 Å². The molecule has 474 valence electrons. The first-order valence-corrected chi connectivity index (χ1v) is 32.6. The molecule has 0 saturated carbocycles. The molecule has 4 saturated heterocycles. The molecule has 0 aliphatic carbocycles. The minimum atomic E-state index is -0.513. The summed E-state index contributed by atoms with van der Waals surface area (Å²) in [6.07, 6.45) is 43.8. The Hall–Kier alpha value is -3.33. The van der Waals surface area contributed by atoms with Crippen LogP contribution in [0.1, 0.15) is 294 Å². The van der Waals surface area contributed by atoms with Gasteiger partial charge in [0.1, 0.15) is 5.60 Å². The van der Waals surface area contributed by atoms with Crippen molar-refractivity contribution in [2.75, 3.05) is 26.9 Å². The van der Waals surface area contributed by atoms with Crippen molar-refractivity contribution in [1.82, 2.24) is 0 Å². The number of methoxy groups -OCH3 is 1. The van der Waals surface area contributed by atoms with Crippen LogP contribution in [0.15, 0.2) is 24.3 Å². The Balaban J connectivity index is 0.000000990. The standard InChI is InChI=1S/C15H28O3.2C14H26O3.C13H22O2.C11H20O3/c1-3-5-6-7-8-9-10-13-14(18-13)12-15(16)17-11-4-2;1-3-5-6-7-8-9-10-12-13(17-12)11-14(15)16-4-2;1-3-5-6-7-8-9-12-13(17-12)11-14(15)16-10-4-2;1-6-13(5,15-12(4)14)10-8-7-9-11(2)3;1-3-4-5-6-7-9-10(14-9)8-11(12)13-2/h13-14H,3-12H2,1-2H3;2*12-13H,3-11H2,1-2H3;6,9H,1,7-8,10H2,2-5H3;9-10H,3-8H2,1-2H3. The molecule has 14 nitrogen and oxygen atoms in total. The van der Waals surface area contributed by atoms with Crippen LogP contribution in [0.4, 0.5) is 0 Å². The number of esters is 5. The number of unbranched alkanes of at least 4 members (excludes halogenated alkanes) is 18. The van der Waals surface area contributed by atoms with E-state index >= 15 is 0 Å². The minimum Gasteiger partial charge on any atom is -0.469 e. The van der Waals surface area contributed by atoms with Crippen molar-refractivity contribution in [3.63, 3.8) is 0 Å². The van der Waals surface area contributed by atoms with Crippen LogP contribution in [0.3, 0.4) is 0 Å². The fourth-order valence-electron chi connectivity index (χ4n) is 9.30. The van der Waals surface area contributed by atoms with Gasteiger partial charge in [0.25, 0.3) is 0 Å². The molecule has 4 fully saturated rings. The van der Waals surface area contributed by atoms with E-state index in [9.17, 15) is 24.0 Å². The highest BCUT2D eigenvalue weighted by molar-refractivity contribution is 5.71. The van der Waals surface area contributed by atoms with E-state index in [0.29, 0.717) is 69.9 Å². The molecule has 4 aliphatic heterocycles. The highest BCUT2D eigenvalue weighted by atomic mass is 16.6. The van der Waals surface area contributed by atoms with Crippen LogP contribution in [-0.4, -0.2) is 111 Å². The van der Waals surface area contributed by atoms with Gasteiger partial charge < -0.3 is 42.6 Å². The number of ether oxygens (including phenoxy) is 9. The van der Waals surface area contributed by atoms with Crippen molar-refractivity contribution in [2.24, 2.45) is 0 Å². The van der Waals surface area contributed by atoms with Crippen molar-refractivity contribution < 1.29 is 66.6 Å². The maximum atomic E-state index is 11.3. The maximum absolute atomic E-state index is 11.3. The van der Waals surface area contributed by atoms with Gasteiger partial charge in [-0.15, -0.1) is 0 Å². The van der Waals surface area contributed by atoms with Crippen molar-refractivity contribution in [1.29, 1.82) is 0 Å². The lowest BCUT2D eigenvalue weighted by atomic mass is 9.98. The average Bonchev–Trinajstić information content (AvgIpc) is 4.34. The Labute approximate surface area is 494 Å². The summed E-state index contributed by atoms with van der Waals surface area (Å²) >= 11 is 0. The van der Waals surface area contributed by atoms with Crippen molar-refractivity contribution in [2.45, 2.75) is 349 Å². The first kappa shape index (κ1) is 77.7. The van der Waals surface area contributed by atoms with E-state index in [2.05, 4.69) is 58.9 Å². The van der Waals surface area contributed by atoms with Crippen molar-refractivity contribution >= 4 is 29.8 Å². The summed E-state index contributed by atoms with van der Waals surface area (Å²) in [5.41, 5.74) is 0.809. The summed E-state index contributed by atoms with van der Waals surface area (Å²) in [5.74, 6) is -0.744. The predicted octanol–water partition coefficient (Wildman–Crippen LogP) is 16.7. The van der Waals surface area contributed by atoms with Gasteiger partial charge in [0.15, 0.2) is 0 Å². The summed E-state index contributed by atoms with van der Waals surface area (Å²) in [6.45, 7) is 27.5. The zero-order valence-corrected chi connectivity index (χ0v) is 53.9. The summed E-state index contributed by atoms with van der Waals surface area (Å²) in [4.78, 5) is 55.6. The van der Waals surface area contributed by atoms with Crippen LogP contribution in [0.25, 0.3) is 0 Å². The molecular formula is C67H122O14. The zero-order chi connectivity index (χ0) is 60.5. The molecule has 0 N–H and O–H groups in total. The third kappa shape index (κ3) is 47.7. The van der Waals surface area contributed by atoms with Gasteiger partial charge >= 0.3 is 29.8 Å². The van der Waals surface area contributed by atoms with Gasteiger partial charge in [-0.05, 0) is 91.6 Å². The molecule has 0 aromatic rings. The van der Waals surface area contributed by atoms with Crippen LogP contribution in [-0.2, 0) is 66.6 Å². The molecule has 0 radical (unpaired) electrons. The van der Waals surface area contributed by atoms with E-state index in [1.165, 1.54) is 154 Å². The molecule has 0 bridgehead atoms. The largest absolute Gasteiger partial charge is 0.469 e. The van der Waals surface area contributed by atoms with Gasteiger partial charge in [0.2, 0.25) is 0 Å². The highest BCUT2D eigenvalue weighted by Crippen LogP contribution is 2.33. The van der Waals surface area contributed by atoms with Gasteiger partial charge in [-0.1, -0.05) is 195 Å². The van der Waals surface area contributed by atoms with E-state index in [1.807, 2.05) is 27.7 Å². The number of epoxide rings is 4. The first-order valence-electron chi connectivity index (χ1n) is 32.6. The molecule has 0 aromatic heterocycles. The van der Waals surface area contributed by atoms with Crippen molar-refractivity contribution in [3.05, 3.63) is 24.3 Å². The van der Waals surface area contributed by atoms with E-state index in [4.69, 9.17) is 37.9 Å². The second-order valence-corrected chi connectivity index (χ2v) is 22.9.